The lowest BCUT2D eigenvalue weighted by Crippen LogP contribution is -2.28. The van der Waals surface area contributed by atoms with Gasteiger partial charge in [-0.2, -0.15) is 0 Å². The Kier molecular flexibility index (Phi) is 5.29. The van der Waals surface area contributed by atoms with E-state index in [0.717, 1.165) is 16.5 Å². The SMILES string of the molecule is CCC1CCCC(C(O)Cc2ccc(C)cc2Cl)C1. The Hall–Kier alpha value is -0.530. The summed E-state index contributed by atoms with van der Waals surface area (Å²) >= 11 is 6.26. The predicted octanol–water partition coefficient (Wildman–Crippen LogP) is 4.77. The molecule has 1 aliphatic carbocycles. The van der Waals surface area contributed by atoms with Gasteiger partial charge < -0.3 is 5.11 Å². The van der Waals surface area contributed by atoms with Crippen LogP contribution in [0.2, 0.25) is 5.02 Å². The number of aliphatic hydroxyl groups is 1. The van der Waals surface area contributed by atoms with Crippen molar-refractivity contribution in [3.63, 3.8) is 0 Å². The van der Waals surface area contributed by atoms with Gasteiger partial charge in [-0.3, -0.25) is 0 Å². The van der Waals surface area contributed by atoms with E-state index in [9.17, 15) is 5.11 Å². The third-order valence-corrected chi connectivity index (χ3v) is 4.93. The molecule has 0 heterocycles. The Morgan fingerprint density at radius 3 is 2.84 bits per heavy atom. The lowest BCUT2D eigenvalue weighted by molar-refractivity contribution is 0.0685. The van der Waals surface area contributed by atoms with E-state index in [4.69, 9.17) is 11.6 Å². The summed E-state index contributed by atoms with van der Waals surface area (Å²) in [6.45, 7) is 4.30. The standard InChI is InChI=1S/C17H25ClO/c1-3-13-5-4-6-15(10-13)17(19)11-14-8-7-12(2)9-16(14)18/h7-9,13,15,17,19H,3-6,10-11H2,1-2H3. The van der Waals surface area contributed by atoms with E-state index in [-0.39, 0.29) is 6.10 Å². The fourth-order valence-electron chi connectivity index (χ4n) is 3.26. The summed E-state index contributed by atoms with van der Waals surface area (Å²) in [6.07, 6.45) is 6.65. The van der Waals surface area contributed by atoms with E-state index >= 15 is 0 Å². The van der Waals surface area contributed by atoms with Crippen LogP contribution in [0.1, 0.15) is 50.2 Å². The average Bonchev–Trinajstić information content (AvgIpc) is 2.42. The van der Waals surface area contributed by atoms with Gasteiger partial charge in [-0.05, 0) is 48.8 Å². The van der Waals surface area contributed by atoms with Crippen LogP contribution in [0.3, 0.4) is 0 Å². The molecule has 1 N–H and O–H groups in total. The summed E-state index contributed by atoms with van der Waals surface area (Å²) in [6, 6.07) is 6.12. The van der Waals surface area contributed by atoms with Gasteiger partial charge in [0.25, 0.3) is 0 Å². The van der Waals surface area contributed by atoms with Gasteiger partial charge in [0, 0.05) is 11.4 Å². The lowest BCUT2D eigenvalue weighted by atomic mass is 9.76. The molecular formula is C17H25ClO. The Morgan fingerprint density at radius 1 is 1.37 bits per heavy atom. The van der Waals surface area contributed by atoms with Gasteiger partial charge >= 0.3 is 0 Å². The Labute approximate surface area is 122 Å². The van der Waals surface area contributed by atoms with Gasteiger partial charge in [-0.25, -0.2) is 0 Å². The third kappa shape index (κ3) is 3.97. The van der Waals surface area contributed by atoms with Crippen molar-refractivity contribution >= 4 is 11.6 Å². The highest BCUT2D eigenvalue weighted by Crippen LogP contribution is 2.34. The highest BCUT2D eigenvalue weighted by atomic mass is 35.5. The molecule has 2 heteroatoms. The number of halogens is 1. The van der Waals surface area contributed by atoms with E-state index in [0.29, 0.717) is 12.3 Å². The molecule has 1 aromatic carbocycles. The maximum atomic E-state index is 10.5. The molecule has 1 fully saturated rings. The predicted molar refractivity (Wildman–Crippen MR) is 81.6 cm³/mol. The van der Waals surface area contributed by atoms with Crippen molar-refractivity contribution in [1.29, 1.82) is 0 Å². The largest absolute Gasteiger partial charge is 0.392 e. The van der Waals surface area contributed by atoms with Gasteiger partial charge in [0.05, 0.1) is 6.10 Å². The molecule has 3 unspecified atom stereocenters. The maximum absolute atomic E-state index is 10.5. The highest BCUT2D eigenvalue weighted by molar-refractivity contribution is 6.31. The van der Waals surface area contributed by atoms with Gasteiger partial charge in [-0.1, -0.05) is 49.9 Å². The quantitative estimate of drug-likeness (QED) is 0.842. The fourth-order valence-corrected chi connectivity index (χ4v) is 3.57. The number of aliphatic hydroxyl groups excluding tert-OH is 1. The third-order valence-electron chi connectivity index (χ3n) is 4.58. The molecule has 1 aliphatic rings. The minimum absolute atomic E-state index is 0.241. The summed E-state index contributed by atoms with van der Waals surface area (Å²) in [5.41, 5.74) is 2.25. The molecular weight excluding hydrogens is 256 g/mol. The molecule has 106 valence electrons. The van der Waals surface area contributed by atoms with Crippen molar-refractivity contribution in [2.45, 2.75) is 58.5 Å². The first-order valence-corrected chi connectivity index (χ1v) is 7.91. The highest BCUT2D eigenvalue weighted by Gasteiger charge is 2.26. The normalized spacial score (nSPS) is 25.3. The molecule has 2 rings (SSSR count). The Balaban J connectivity index is 1.98. The average molecular weight is 281 g/mol. The Bertz CT molecular complexity index is 416. The maximum Gasteiger partial charge on any atom is 0.0609 e. The zero-order chi connectivity index (χ0) is 13.8. The second kappa shape index (κ2) is 6.76. The molecule has 0 saturated heterocycles. The number of aryl methyl sites for hydroxylation is 1. The van der Waals surface area contributed by atoms with Crippen LogP contribution < -0.4 is 0 Å². The van der Waals surface area contributed by atoms with Crippen molar-refractivity contribution in [2.75, 3.05) is 0 Å². The van der Waals surface area contributed by atoms with Crippen molar-refractivity contribution in [3.8, 4) is 0 Å². The van der Waals surface area contributed by atoms with Crippen LogP contribution in [0.4, 0.5) is 0 Å². The molecule has 0 aromatic heterocycles. The zero-order valence-corrected chi connectivity index (χ0v) is 12.8. The molecule has 0 amide bonds. The Morgan fingerprint density at radius 2 is 2.16 bits per heavy atom. The van der Waals surface area contributed by atoms with Crippen LogP contribution in [0, 0.1) is 18.8 Å². The molecule has 0 aliphatic heterocycles. The molecule has 1 aromatic rings. The minimum Gasteiger partial charge on any atom is -0.392 e. The van der Waals surface area contributed by atoms with E-state index in [1.807, 2.05) is 13.0 Å². The topological polar surface area (TPSA) is 20.2 Å². The van der Waals surface area contributed by atoms with Crippen molar-refractivity contribution in [3.05, 3.63) is 34.3 Å². The molecule has 1 saturated carbocycles. The first-order valence-electron chi connectivity index (χ1n) is 7.53. The van der Waals surface area contributed by atoms with Crippen LogP contribution in [-0.2, 0) is 6.42 Å². The fraction of sp³-hybridized carbons (Fsp3) is 0.647. The second-order valence-corrected chi connectivity index (χ2v) is 6.47. The summed E-state index contributed by atoms with van der Waals surface area (Å²) in [5.74, 6) is 1.26. The smallest absolute Gasteiger partial charge is 0.0609 e. The van der Waals surface area contributed by atoms with Crippen molar-refractivity contribution in [2.24, 2.45) is 11.8 Å². The summed E-state index contributed by atoms with van der Waals surface area (Å²) in [4.78, 5) is 0. The van der Waals surface area contributed by atoms with Crippen LogP contribution in [-0.4, -0.2) is 11.2 Å². The van der Waals surface area contributed by atoms with Crippen LogP contribution in [0.15, 0.2) is 18.2 Å². The van der Waals surface area contributed by atoms with Gasteiger partial charge in [0.15, 0.2) is 0 Å². The van der Waals surface area contributed by atoms with E-state index in [1.54, 1.807) is 0 Å². The molecule has 1 nitrogen and oxygen atoms in total. The molecule has 19 heavy (non-hydrogen) atoms. The van der Waals surface area contributed by atoms with Crippen LogP contribution in [0.5, 0.6) is 0 Å². The van der Waals surface area contributed by atoms with Gasteiger partial charge in [0.2, 0.25) is 0 Å². The summed E-state index contributed by atoms with van der Waals surface area (Å²) in [7, 11) is 0. The van der Waals surface area contributed by atoms with Gasteiger partial charge in [-0.15, -0.1) is 0 Å². The number of benzene rings is 1. The first kappa shape index (κ1) is 14.9. The zero-order valence-electron chi connectivity index (χ0n) is 12.0. The van der Waals surface area contributed by atoms with Crippen molar-refractivity contribution < 1.29 is 5.11 Å². The monoisotopic (exact) mass is 280 g/mol. The van der Waals surface area contributed by atoms with E-state index in [1.165, 1.54) is 37.7 Å². The summed E-state index contributed by atoms with van der Waals surface area (Å²) < 4.78 is 0. The molecule has 0 spiro atoms. The van der Waals surface area contributed by atoms with Crippen molar-refractivity contribution in [1.82, 2.24) is 0 Å². The van der Waals surface area contributed by atoms with E-state index < -0.39 is 0 Å². The lowest BCUT2D eigenvalue weighted by Gasteiger charge is -2.32. The number of hydrogen-bond acceptors (Lipinski definition) is 1. The van der Waals surface area contributed by atoms with Crippen LogP contribution >= 0.6 is 11.6 Å². The molecule has 0 radical (unpaired) electrons. The minimum atomic E-state index is -0.241. The molecule has 3 atom stereocenters. The number of rotatable bonds is 4. The van der Waals surface area contributed by atoms with Gasteiger partial charge in [0.1, 0.15) is 0 Å². The first-order chi connectivity index (χ1) is 9.10. The van der Waals surface area contributed by atoms with Crippen LogP contribution in [0.25, 0.3) is 0 Å². The molecule has 0 bridgehead atoms. The van der Waals surface area contributed by atoms with E-state index in [2.05, 4.69) is 19.1 Å². The second-order valence-electron chi connectivity index (χ2n) is 6.07. The number of hydrogen-bond donors (Lipinski definition) is 1. The summed E-state index contributed by atoms with van der Waals surface area (Å²) in [5, 5.41) is 11.3.